The van der Waals surface area contributed by atoms with E-state index in [4.69, 9.17) is 5.73 Å². The van der Waals surface area contributed by atoms with Crippen LogP contribution in [0.15, 0.2) is 30.5 Å². The molecule has 0 aliphatic carbocycles. The Morgan fingerprint density at radius 1 is 1.35 bits per heavy atom. The second-order valence-corrected chi connectivity index (χ2v) is 3.62. The minimum atomic E-state index is -0.842. The van der Waals surface area contributed by atoms with Crippen molar-refractivity contribution in [2.24, 2.45) is 5.73 Å². The summed E-state index contributed by atoms with van der Waals surface area (Å²) < 4.78 is 0. The molecule has 0 spiro atoms. The lowest BCUT2D eigenvalue weighted by molar-refractivity contribution is -0.116. The maximum Gasteiger partial charge on any atom is 0.318 e. The topological polar surface area (TPSA) is 88.0 Å². The van der Waals surface area contributed by atoms with Crippen molar-refractivity contribution in [1.29, 1.82) is 0 Å². The number of urea groups is 1. The lowest BCUT2D eigenvalue weighted by Gasteiger charge is -1.99. The van der Waals surface area contributed by atoms with Gasteiger partial charge in [-0.1, -0.05) is 18.2 Å². The average Bonchev–Trinajstić information content (AvgIpc) is 2.69. The third-order valence-electron chi connectivity index (χ3n) is 2.43. The normalized spacial score (nSPS) is 10.4. The van der Waals surface area contributed by atoms with Crippen molar-refractivity contribution in [2.75, 3.05) is 0 Å². The predicted octanol–water partition coefficient (Wildman–Crippen LogP) is 1.11. The molecule has 0 aliphatic heterocycles. The Kier molecular flexibility index (Phi) is 3.09. The van der Waals surface area contributed by atoms with Crippen LogP contribution in [0.2, 0.25) is 0 Å². The Hall–Kier alpha value is -2.30. The number of primary amides is 1. The summed E-state index contributed by atoms with van der Waals surface area (Å²) in [6, 6.07) is 6.96. The van der Waals surface area contributed by atoms with Gasteiger partial charge in [-0.2, -0.15) is 0 Å². The Balaban J connectivity index is 2.04. The molecule has 1 aromatic carbocycles. The number of H-pyrrole nitrogens is 1. The highest BCUT2D eigenvalue weighted by Gasteiger charge is 2.08. The molecule has 1 aromatic heterocycles. The minimum absolute atomic E-state index is 0.448. The van der Waals surface area contributed by atoms with Crippen molar-refractivity contribution in [1.82, 2.24) is 10.3 Å². The molecule has 5 nitrogen and oxygen atoms in total. The summed E-state index contributed by atoms with van der Waals surface area (Å²) in [5, 5.41) is 3.05. The number of nitrogens with one attached hydrogen (secondary N) is 2. The first-order valence-electron chi connectivity index (χ1n) is 5.15. The quantitative estimate of drug-likeness (QED) is 0.737. The van der Waals surface area contributed by atoms with Crippen LogP contribution < -0.4 is 11.1 Å². The molecule has 3 amide bonds. The van der Waals surface area contributed by atoms with Gasteiger partial charge in [0.15, 0.2) is 0 Å². The fourth-order valence-electron chi connectivity index (χ4n) is 1.68. The van der Waals surface area contributed by atoms with Crippen LogP contribution in [0.4, 0.5) is 4.79 Å². The average molecular weight is 230 g/mol. The molecular formula is C12H12N3O2. The number of para-hydroxylation sites is 1. The Bertz CT molecular complexity index is 560. The third-order valence-corrected chi connectivity index (χ3v) is 2.43. The van der Waals surface area contributed by atoms with E-state index in [1.807, 2.05) is 35.8 Å². The van der Waals surface area contributed by atoms with Gasteiger partial charge < -0.3 is 10.7 Å². The van der Waals surface area contributed by atoms with E-state index in [9.17, 15) is 9.59 Å². The highest BCUT2D eigenvalue weighted by atomic mass is 16.2. The van der Waals surface area contributed by atoms with Crippen LogP contribution in [0, 0.1) is 6.42 Å². The SMILES string of the molecule is NC(=O)NC(=O)[CH]Cc1c[nH]c2ccccc12. The second-order valence-electron chi connectivity index (χ2n) is 3.62. The highest BCUT2D eigenvalue weighted by molar-refractivity contribution is 5.98. The Morgan fingerprint density at radius 2 is 2.12 bits per heavy atom. The van der Waals surface area contributed by atoms with Gasteiger partial charge in [-0.05, 0) is 18.1 Å². The number of fused-ring (bicyclic) bond motifs is 1. The number of imide groups is 1. The number of aromatic amines is 1. The number of aromatic nitrogens is 1. The summed E-state index contributed by atoms with van der Waals surface area (Å²) in [6.45, 7) is 0. The Labute approximate surface area is 98.0 Å². The molecule has 87 valence electrons. The molecule has 2 aromatic rings. The van der Waals surface area contributed by atoms with Crippen LogP contribution in [-0.4, -0.2) is 16.9 Å². The minimum Gasteiger partial charge on any atom is -0.361 e. The molecule has 0 atom stereocenters. The monoisotopic (exact) mass is 230 g/mol. The van der Waals surface area contributed by atoms with Crippen molar-refractivity contribution in [3.8, 4) is 0 Å². The summed E-state index contributed by atoms with van der Waals surface area (Å²) in [7, 11) is 0. The third kappa shape index (κ3) is 2.63. The Morgan fingerprint density at radius 3 is 2.88 bits per heavy atom. The van der Waals surface area contributed by atoms with Crippen molar-refractivity contribution in [3.63, 3.8) is 0 Å². The fraction of sp³-hybridized carbons (Fsp3) is 0.0833. The first-order valence-corrected chi connectivity index (χ1v) is 5.15. The summed E-state index contributed by atoms with van der Waals surface area (Å²) >= 11 is 0. The smallest absolute Gasteiger partial charge is 0.318 e. The zero-order valence-electron chi connectivity index (χ0n) is 9.07. The van der Waals surface area contributed by atoms with Gasteiger partial charge in [0.05, 0.1) is 6.42 Å². The first kappa shape index (κ1) is 11.2. The van der Waals surface area contributed by atoms with E-state index in [2.05, 4.69) is 4.98 Å². The number of carbonyl (C=O) groups is 2. The molecule has 0 bridgehead atoms. The van der Waals surface area contributed by atoms with Crippen LogP contribution in [0.5, 0.6) is 0 Å². The number of hydrogen-bond donors (Lipinski definition) is 3. The lowest BCUT2D eigenvalue weighted by Crippen LogP contribution is -2.35. The molecule has 0 fully saturated rings. The second kappa shape index (κ2) is 4.69. The summed E-state index contributed by atoms with van der Waals surface area (Å²) in [4.78, 5) is 24.8. The zero-order chi connectivity index (χ0) is 12.3. The molecule has 1 radical (unpaired) electrons. The molecule has 2 rings (SSSR count). The number of amides is 3. The summed E-state index contributed by atoms with van der Waals surface area (Å²) in [5.41, 5.74) is 6.86. The van der Waals surface area contributed by atoms with Crippen molar-refractivity contribution < 1.29 is 9.59 Å². The molecule has 17 heavy (non-hydrogen) atoms. The number of carbonyl (C=O) groups excluding carboxylic acids is 2. The molecule has 0 aliphatic rings. The molecular weight excluding hydrogens is 218 g/mol. The highest BCUT2D eigenvalue weighted by Crippen LogP contribution is 2.18. The van der Waals surface area contributed by atoms with E-state index in [-0.39, 0.29) is 0 Å². The molecule has 0 unspecified atom stereocenters. The van der Waals surface area contributed by atoms with Crippen molar-refractivity contribution >= 4 is 22.8 Å². The summed E-state index contributed by atoms with van der Waals surface area (Å²) in [5.74, 6) is -0.484. The van der Waals surface area contributed by atoms with Gasteiger partial charge in [0.1, 0.15) is 0 Å². The van der Waals surface area contributed by atoms with Gasteiger partial charge >= 0.3 is 6.03 Å². The predicted molar refractivity (Wildman–Crippen MR) is 64.0 cm³/mol. The van der Waals surface area contributed by atoms with E-state index >= 15 is 0 Å². The molecule has 5 heteroatoms. The standard InChI is InChI=1S/C12H12N3O2/c13-12(17)15-11(16)6-5-8-7-14-10-4-2-1-3-9(8)10/h1-4,6-7,14H,5H2,(H3,13,15,16,17). The number of rotatable bonds is 3. The number of benzene rings is 1. The van der Waals surface area contributed by atoms with E-state index in [1.165, 1.54) is 6.42 Å². The van der Waals surface area contributed by atoms with Crippen LogP contribution >= 0.6 is 0 Å². The van der Waals surface area contributed by atoms with Crippen LogP contribution in [0.25, 0.3) is 10.9 Å². The van der Waals surface area contributed by atoms with Crippen molar-refractivity contribution in [2.45, 2.75) is 6.42 Å². The van der Waals surface area contributed by atoms with Crippen molar-refractivity contribution in [3.05, 3.63) is 42.4 Å². The van der Waals surface area contributed by atoms with E-state index < -0.39 is 11.9 Å². The van der Waals surface area contributed by atoms with Gasteiger partial charge in [-0.25, -0.2) is 4.79 Å². The van der Waals surface area contributed by atoms with E-state index in [0.29, 0.717) is 6.42 Å². The molecule has 0 saturated heterocycles. The van der Waals surface area contributed by atoms with Gasteiger partial charge in [0, 0.05) is 17.1 Å². The fourth-order valence-corrected chi connectivity index (χ4v) is 1.68. The summed E-state index contributed by atoms with van der Waals surface area (Å²) in [6.07, 6.45) is 3.68. The van der Waals surface area contributed by atoms with Crippen LogP contribution in [-0.2, 0) is 11.2 Å². The van der Waals surface area contributed by atoms with Crippen LogP contribution in [0.3, 0.4) is 0 Å². The maximum atomic E-state index is 11.2. The lowest BCUT2D eigenvalue weighted by atomic mass is 10.1. The number of nitrogens with two attached hydrogens (primary N) is 1. The molecule has 1 heterocycles. The zero-order valence-corrected chi connectivity index (χ0v) is 9.07. The van der Waals surface area contributed by atoms with E-state index in [1.54, 1.807) is 0 Å². The van der Waals surface area contributed by atoms with Gasteiger partial charge in [-0.15, -0.1) is 0 Å². The van der Waals surface area contributed by atoms with E-state index in [0.717, 1.165) is 16.5 Å². The molecule has 4 N–H and O–H groups in total. The van der Waals surface area contributed by atoms with Crippen LogP contribution in [0.1, 0.15) is 5.56 Å². The number of hydrogen-bond acceptors (Lipinski definition) is 2. The van der Waals surface area contributed by atoms with Gasteiger partial charge in [-0.3, -0.25) is 10.1 Å². The maximum absolute atomic E-state index is 11.2. The largest absolute Gasteiger partial charge is 0.361 e. The van der Waals surface area contributed by atoms with Gasteiger partial charge in [0.2, 0.25) is 5.91 Å². The van der Waals surface area contributed by atoms with Gasteiger partial charge in [0.25, 0.3) is 0 Å². The first-order chi connectivity index (χ1) is 8.16. The molecule has 0 saturated carbocycles.